The number of carbonyl (C=O) groups is 1. The van der Waals surface area contributed by atoms with Crippen LogP contribution in [0.2, 0.25) is 0 Å². The van der Waals surface area contributed by atoms with Gasteiger partial charge in [0.2, 0.25) is 0 Å². The van der Waals surface area contributed by atoms with Crippen LogP contribution in [-0.2, 0) is 11.3 Å². The number of aromatic nitrogens is 2. The zero-order valence-corrected chi connectivity index (χ0v) is 11.6. The first-order chi connectivity index (χ1) is 9.09. The van der Waals surface area contributed by atoms with Gasteiger partial charge in [-0.1, -0.05) is 6.92 Å². The molecule has 1 aliphatic rings. The zero-order chi connectivity index (χ0) is 13.7. The molecule has 2 rings (SSSR count). The SMILES string of the molecule is CN(CC1(C)COC1)C(=O)NCCCn1cccn1. The number of rotatable bonds is 6. The number of ether oxygens (including phenoxy) is 1. The lowest BCUT2D eigenvalue weighted by Gasteiger charge is -2.40. The minimum atomic E-state index is -0.0198. The fourth-order valence-electron chi connectivity index (χ4n) is 2.19. The van der Waals surface area contributed by atoms with E-state index in [4.69, 9.17) is 4.74 Å². The smallest absolute Gasteiger partial charge is 0.317 e. The quantitative estimate of drug-likeness (QED) is 0.780. The summed E-state index contributed by atoms with van der Waals surface area (Å²) in [6.07, 6.45) is 4.56. The van der Waals surface area contributed by atoms with Crippen molar-refractivity contribution in [1.82, 2.24) is 20.0 Å². The van der Waals surface area contributed by atoms with Crippen LogP contribution >= 0.6 is 0 Å². The van der Waals surface area contributed by atoms with Crippen molar-refractivity contribution >= 4 is 6.03 Å². The van der Waals surface area contributed by atoms with Crippen molar-refractivity contribution < 1.29 is 9.53 Å². The summed E-state index contributed by atoms with van der Waals surface area (Å²) in [6.45, 7) is 5.84. The van der Waals surface area contributed by atoms with Crippen LogP contribution in [0.3, 0.4) is 0 Å². The lowest BCUT2D eigenvalue weighted by atomic mass is 9.88. The lowest BCUT2D eigenvalue weighted by Crippen LogP contribution is -2.51. The zero-order valence-electron chi connectivity index (χ0n) is 11.6. The topological polar surface area (TPSA) is 59.4 Å². The maximum absolute atomic E-state index is 11.9. The Morgan fingerprint density at radius 2 is 2.37 bits per heavy atom. The van der Waals surface area contributed by atoms with Crippen LogP contribution in [0.25, 0.3) is 0 Å². The largest absolute Gasteiger partial charge is 0.380 e. The Morgan fingerprint density at radius 1 is 1.58 bits per heavy atom. The summed E-state index contributed by atoms with van der Waals surface area (Å²) < 4.78 is 7.05. The van der Waals surface area contributed by atoms with Crippen molar-refractivity contribution in [2.75, 3.05) is 33.4 Å². The summed E-state index contributed by atoms with van der Waals surface area (Å²) in [4.78, 5) is 13.6. The molecule has 2 heterocycles. The second-order valence-electron chi connectivity index (χ2n) is 5.51. The van der Waals surface area contributed by atoms with Crippen molar-refractivity contribution in [2.24, 2.45) is 5.41 Å². The van der Waals surface area contributed by atoms with Gasteiger partial charge in [-0.05, 0) is 12.5 Å². The summed E-state index contributed by atoms with van der Waals surface area (Å²) in [5.74, 6) is 0. The third-order valence-electron chi connectivity index (χ3n) is 3.27. The van der Waals surface area contributed by atoms with Gasteiger partial charge in [-0.25, -0.2) is 4.79 Å². The molecule has 1 N–H and O–H groups in total. The minimum Gasteiger partial charge on any atom is -0.380 e. The molecule has 0 radical (unpaired) electrons. The molecule has 6 heteroatoms. The first-order valence-electron chi connectivity index (χ1n) is 6.63. The maximum atomic E-state index is 11.9. The number of carbonyl (C=O) groups excluding carboxylic acids is 1. The molecule has 0 unspecified atom stereocenters. The van der Waals surface area contributed by atoms with Crippen LogP contribution in [-0.4, -0.2) is 54.1 Å². The molecule has 106 valence electrons. The Kier molecular flexibility index (Phi) is 4.42. The van der Waals surface area contributed by atoms with E-state index in [0.29, 0.717) is 6.54 Å². The van der Waals surface area contributed by atoms with Crippen molar-refractivity contribution in [2.45, 2.75) is 19.9 Å². The van der Waals surface area contributed by atoms with E-state index < -0.39 is 0 Å². The highest BCUT2D eigenvalue weighted by Crippen LogP contribution is 2.26. The predicted octanol–water partition coefficient (Wildman–Crippen LogP) is 0.951. The highest BCUT2D eigenvalue weighted by Gasteiger charge is 2.35. The van der Waals surface area contributed by atoms with E-state index in [1.165, 1.54) is 0 Å². The molecule has 1 aromatic heterocycles. The molecule has 0 aromatic carbocycles. The van der Waals surface area contributed by atoms with Gasteiger partial charge in [-0.15, -0.1) is 0 Å². The van der Waals surface area contributed by atoms with Crippen LogP contribution in [0.5, 0.6) is 0 Å². The normalized spacial score (nSPS) is 16.7. The summed E-state index contributed by atoms with van der Waals surface area (Å²) in [5, 5.41) is 7.04. The van der Waals surface area contributed by atoms with Crippen molar-refractivity contribution in [1.29, 1.82) is 0 Å². The van der Waals surface area contributed by atoms with E-state index >= 15 is 0 Å². The van der Waals surface area contributed by atoms with Crippen LogP contribution in [0.4, 0.5) is 4.79 Å². The van der Waals surface area contributed by atoms with Crippen molar-refractivity contribution in [3.63, 3.8) is 0 Å². The van der Waals surface area contributed by atoms with Crippen molar-refractivity contribution in [3.05, 3.63) is 18.5 Å². The summed E-state index contributed by atoms with van der Waals surface area (Å²) in [6, 6.07) is 1.88. The third-order valence-corrected chi connectivity index (χ3v) is 3.27. The van der Waals surface area contributed by atoms with Gasteiger partial charge in [0.05, 0.1) is 13.2 Å². The number of nitrogens with zero attached hydrogens (tertiary/aromatic N) is 3. The molecule has 6 nitrogen and oxygen atoms in total. The summed E-state index contributed by atoms with van der Waals surface area (Å²) in [5.41, 5.74) is 0.126. The van der Waals surface area contributed by atoms with Gasteiger partial charge in [0.25, 0.3) is 0 Å². The number of nitrogens with one attached hydrogen (secondary N) is 1. The maximum Gasteiger partial charge on any atom is 0.317 e. The first kappa shape index (κ1) is 13.9. The molecule has 0 spiro atoms. The number of hydrogen-bond acceptors (Lipinski definition) is 3. The standard InChI is InChI=1S/C13H22N4O2/c1-13(10-19-11-13)9-16(2)12(18)14-5-3-7-17-8-4-6-15-17/h4,6,8H,3,5,7,9-11H2,1-2H3,(H,14,18). The van der Waals surface area contributed by atoms with Crippen LogP contribution in [0, 0.1) is 5.41 Å². The second kappa shape index (κ2) is 6.06. The summed E-state index contributed by atoms with van der Waals surface area (Å²) >= 11 is 0. The van der Waals surface area contributed by atoms with Gasteiger partial charge in [0, 0.05) is 44.5 Å². The molecule has 0 saturated carbocycles. The predicted molar refractivity (Wildman–Crippen MR) is 71.8 cm³/mol. The van der Waals surface area contributed by atoms with Crippen molar-refractivity contribution in [3.8, 4) is 0 Å². The Morgan fingerprint density at radius 3 is 2.95 bits per heavy atom. The van der Waals surface area contributed by atoms with E-state index in [1.54, 1.807) is 11.1 Å². The molecular weight excluding hydrogens is 244 g/mol. The lowest BCUT2D eigenvalue weighted by molar-refractivity contribution is -0.108. The van der Waals surface area contributed by atoms with Crippen LogP contribution in [0.1, 0.15) is 13.3 Å². The van der Waals surface area contributed by atoms with Gasteiger partial charge >= 0.3 is 6.03 Å². The van der Waals surface area contributed by atoms with E-state index in [9.17, 15) is 4.79 Å². The fourth-order valence-corrected chi connectivity index (χ4v) is 2.19. The number of hydrogen-bond donors (Lipinski definition) is 1. The van der Waals surface area contributed by atoms with E-state index in [1.807, 2.05) is 24.0 Å². The van der Waals surface area contributed by atoms with E-state index in [0.717, 1.165) is 32.7 Å². The Labute approximate surface area is 113 Å². The Hall–Kier alpha value is -1.56. The van der Waals surface area contributed by atoms with Crippen LogP contribution < -0.4 is 5.32 Å². The van der Waals surface area contributed by atoms with Gasteiger partial charge in [-0.2, -0.15) is 5.10 Å². The van der Waals surface area contributed by atoms with Crippen LogP contribution in [0.15, 0.2) is 18.5 Å². The Balaban J connectivity index is 1.60. The monoisotopic (exact) mass is 266 g/mol. The van der Waals surface area contributed by atoms with Gasteiger partial charge in [-0.3, -0.25) is 4.68 Å². The molecule has 0 atom stereocenters. The first-order valence-corrected chi connectivity index (χ1v) is 6.63. The molecule has 0 bridgehead atoms. The summed E-state index contributed by atoms with van der Waals surface area (Å²) in [7, 11) is 1.83. The molecule has 1 saturated heterocycles. The average Bonchev–Trinajstić information content (AvgIpc) is 2.85. The molecule has 1 aromatic rings. The highest BCUT2D eigenvalue weighted by molar-refractivity contribution is 5.73. The molecule has 19 heavy (non-hydrogen) atoms. The molecule has 1 aliphatic heterocycles. The highest BCUT2D eigenvalue weighted by atomic mass is 16.5. The van der Waals surface area contributed by atoms with Gasteiger partial charge in [0.15, 0.2) is 0 Å². The van der Waals surface area contributed by atoms with E-state index in [-0.39, 0.29) is 11.4 Å². The number of urea groups is 1. The number of aryl methyl sites for hydroxylation is 1. The molecular formula is C13H22N4O2. The average molecular weight is 266 g/mol. The molecule has 0 aliphatic carbocycles. The Bertz CT molecular complexity index is 401. The molecule has 2 amide bonds. The third kappa shape index (κ3) is 3.96. The van der Waals surface area contributed by atoms with Gasteiger partial charge in [0.1, 0.15) is 0 Å². The molecule has 1 fully saturated rings. The minimum absolute atomic E-state index is 0.0198. The number of amides is 2. The fraction of sp³-hybridized carbons (Fsp3) is 0.692. The van der Waals surface area contributed by atoms with Gasteiger partial charge < -0.3 is 15.0 Å². The van der Waals surface area contributed by atoms with E-state index in [2.05, 4.69) is 17.3 Å². The second-order valence-corrected chi connectivity index (χ2v) is 5.51.